The molecule has 3 heterocycles. The quantitative estimate of drug-likeness (QED) is 0.0830. The van der Waals surface area contributed by atoms with Gasteiger partial charge in [0.25, 0.3) is 0 Å². The van der Waals surface area contributed by atoms with Crippen molar-refractivity contribution in [1.82, 2.24) is 19.6 Å². The molecule has 3 aliphatic heterocycles. The maximum atomic E-state index is 14.1. The number of benzene rings is 3. The van der Waals surface area contributed by atoms with Gasteiger partial charge in [-0.05, 0) is 200 Å². The molecular weight excluding hydrogens is 1060 g/mol. The number of carbonyl (C=O) groups excluding carboxylic acids is 5. The van der Waals surface area contributed by atoms with Crippen molar-refractivity contribution in [3.63, 3.8) is 0 Å². The molecule has 1 N–H and O–H groups in total. The van der Waals surface area contributed by atoms with E-state index in [0.717, 1.165) is 27.8 Å². The lowest BCUT2D eigenvalue weighted by Crippen LogP contribution is -2.38. The van der Waals surface area contributed by atoms with E-state index >= 15 is 0 Å². The summed E-state index contributed by atoms with van der Waals surface area (Å²) in [5.41, 5.74) is 1.41. The molecule has 3 aromatic carbocycles. The van der Waals surface area contributed by atoms with Crippen LogP contribution in [0.3, 0.4) is 0 Å². The summed E-state index contributed by atoms with van der Waals surface area (Å²) in [6.07, 6.45) is 1.25. The first-order valence-electron chi connectivity index (χ1n) is 29.8. The van der Waals surface area contributed by atoms with Gasteiger partial charge in [0.05, 0.1) is 17.8 Å². The number of hydrogen-bond donors (Lipinski definition) is 1. The van der Waals surface area contributed by atoms with Gasteiger partial charge in [-0.25, -0.2) is 14.4 Å². The number of hydrogen-bond acceptors (Lipinski definition) is 13. The van der Waals surface area contributed by atoms with Gasteiger partial charge in [-0.1, -0.05) is 60.7 Å². The average Bonchev–Trinajstić information content (AvgIpc) is 4.29. The lowest BCUT2D eigenvalue weighted by atomic mass is 9.85. The molecule has 3 fully saturated rings. The van der Waals surface area contributed by atoms with E-state index in [2.05, 4.69) is 29.2 Å². The summed E-state index contributed by atoms with van der Waals surface area (Å²) < 4.78 is 35.9. The van der Waals surface area contributed by atoms with Crippen LogP contribution in [0.1, 0.15) is 151 Å². The smallest absolute Gasteiger partial charge is 0.410 e. The molecule has 3 saturated heterocycles. The van der Waals surface area contributed by atoms with E-state index in [4.69, 9.17) is 28.4 Å². The molecule has 0 radical (unpaired) electrons. The number of rotatable bonds is 20. The van der Waals surface area contributed by atoms with Crippen LogP contribution in [0.25, 0.3) is 0 Å². The van der Waals surface area contributed by atoms with Gasteiger partial charge in [0, 0.05) is 58.9 Å². The van der Waals surface area contributed by atoms with Gasteiger partial charge in [0.2, 0.25) is 0 Å². The summed E-state index contributed by atoms with van der Waals surface area (Å²) >= 11 is 0. The second-order valence-corrected chi connectivity index (χ2v) is 28.1. The first-order valence-corrected chi connectivity index (χ1v) is 29.8. The fraction of sp³-hybridized carbons (Fsp3) is 0.636. The Kier molecular flexibility index (Phi) is 21.8. The molecule has 0 saturated carbocycles. The highest BCUT2D eigenvalue weighted by Crippen LogP contribution is 2.35. The van der Waals surface area contributed by atoms with Gasteiger partial charge < -0.3 is 48.2 Å². The Balaban J connectivity index is 1.24. The van der Waals surface area contributed by atoms with E-state index < -0.39 is 64.0 Å². The van der Waals surface area contributed by atoms with E-state index in [9.17, 15) is 33.9 Å². The SMILES string of the molecule is CC(C)(C)OC(=O)C(Cc1cccc(CN(CCOc2cccc(CC(C(=O)OC(C)(C)C)[C@H]3CCN(C(=O)OC(C)(C)C)C3)c2)Cc2cccc(CC(C(=O)OC(C)(C)C)[C@H]3CCN(C(=O)OC(C)(C)C)C3)c2)c1)[C@H]1CCN(C(=O)O)C1. The van der Waals surface area contributed by atoms with Gasteiger partial charge in [-0.15, -0.1) is 0 Å². The van der Waals surface area contributed by atoms with Gasteiger partial charge in [0.15, 0.2) is 0 Å². The lowest BCUT2D eigenvalue weighted by molar-refractivity contribution is -0.163. The normalized spacial score (nSPS) is 19.0. The van der Waals surface area contributed by atoms with Crippen LogP contribution in [-0.2, 0) is 70.4 Å². The highest BCUT2D eigenvalue weighted by atomic mass is 16.6. The largest absolute Gasteiger partial charge is 0.492 e. The van der Waals surface area contributed by atoms with Gasteiger partial charge in [0.1, 0.15) is 40.4 Å². The molecule has 458 valence electrons. The number of amides is 3. The molecular formula is C66H96N4O13. The fourth-order valence-corrected chi connectivity index (χ4v) is 11.2. The Bertz CT molecular complexity index is 2710. The van der Waals surface area contributed by atoms with Crippen LogP contribution in [-0.4, -0.2) is 141 Å². The summed E-state index contributed by atoms with van der Waals surface area (Å²) in [5, 5.41) is 9.80. The minimum absolute atomic E-state index is 0.138. The highest BCUT2D eigenvalue weighted by molar-refractivity contribution is 5.76. The van der Waals surface area contributed by atoms with Crippen LogP contribution in [0.5, 0.6) is 5.75 Å². The van der Waals surface area contributed by atoms with E-state index in [-0.39, 0.29) is 42.2 Å². The molecule has 0 aliphatic carbocycles. The first kappa shape index (κ1) is 65.8. The number of likely N-dealkylation sites (tertiary alicyclic amines) is 3. The zero-order valence-electron chi connectivity index (χ0n) is 52.3. The number of carboxylic acid groups (broad SMARTS) is 1. The summed E-state index contributed by atoms with van der Waals surface area (Å²) in [4.78, 5) is 87.2. The second kappa shape index (κ2) is 27.6. The molecule has 3 aliphatic rings. The summed E-state index contributed by atoms with van der Waals surface area (Å²) in [5.74, 6) is -2.35. The minimum Gasteiger partial charge on any atom is -0.492 e. The topological polar surface area (TPSA) is 191 Å². The molecule has 3 amide bonds. The van der Waals surface area contributed by atoms with E-state index in [1.54, 1.807) is 9.80 Å². The highest BCUT2D eigenvalue weighted by Gasteiger charge is 2.42. The van der Waals surface area contributed by atoms with Crippen LogP contribution in [0, 0.1) is 35.5 Å². The summed E-state index contributed by atoms with van der Waals surface area (Å²) in [6, 6.07) is 24.2. The van der Waals surface area contributed by atoms with Gasteiger partial charge in [-0.3, -0.25) is 19.3 Å². The van der Waals surface area contributed by atoms with Crippen molar-refractivity contribution in [2.24, 2.45) is 35.5 Å². The van der Waals surface area contributed by atoms with Crippen molar-refractivity contribution in [2.75, 3.05) is 52.4 Å². The predicted octanol–water partition coefficient (Wildman–Crippen LogP) is 11.8. The van der Waals surface area contributed by atoms with Crippen LogP contribution < -0.4 is 4.74 Å². The van der Waals surface area contributed by atoms with Gasteiger partial charge in [-0.2, -0.15) is 0 Å². The third-order valence-electron chi connectivity index (χ3n) is 14.8. The maximum Gasteiger partial charge on any atom is 0.410 e. The molecule has 0 spiro atoms. The monoisotopic (exact) mass is 1150 g/mol. The molecule has 6 rings (SSSR count). The van der Waals surface area contributed by atoms with E-state index in [1.165, 1.54) is 4.90 Å². The van der Waals surface area contributed by atoms with Gasteiger partial charge >= 0.3 is 36.2 Å². The molecule has 6 atom stereocenters. The number of ether oxygens (including phenoxy) is 6. The third-order valence-corrected chi connectivity index (χ3v) is 14.8. The van der Waals surface area contributed by atoms with Crippen molar-refractivity contribution in [1.29, 1.82) is 0 Å². The van der Waals surface area contributed by atoms with Crippen LogP contribution in [0.15, 0.2) is 72.8 Å². The Morgan fingerprint density at radius 2 is 0.795 bits per heavy atom. The average molecular weight is 1150 g/mol. The summed E-state index contributed by atoms with van der Waals surface area (Å²) in [7, 11) is 0. The molecule has 3 unspecified atom stereocenters. The number of esters is 3. The molecule has 3 aromatic rings. The Morgan fingerprint density at radius 3 is 1.14 bits per heavy atom. The van der Waals surface area contributed by atoms with Crippen LogP contribution in [0.2, 0.25) is 0 Å². The molecule has 17 heteroatoms. The van der Waals surface area contributed by atoms with Crippen LogP contribution in [0.4, 0.5) is 14.4 Å². The zero-order chi connectivity index (χ0) is 61.2. The third kappa shape index (κ3) is 21.7. The van der Waals surface area contributed by atoms with E-state index in [0.29, 0.717) is 103 Å². The number of carbonyl (C=O) groups is 6. The zero-order valence-corrected chi connectivity index (χ0v) is 52.3. The maximum absolute atomic E-state index is 14.1. The van der Waals surface area contributed by atoms with Crippen LogP contribution >= 0.6 is 0 Å². The first-order chi connectivity index (χ1) is 38.5. The van der Waals surface area contributed by atoms with Crippen molar-refractivity contribution in [3.05, 3.63) is 101 Å². The van der Waals surface area contributed by atoms with E-state index in [1.807, 2.05) is 152 Å². The van der Waals surface area contributed by atoms with Crippen molar-refractivity contribution < 1.29 is 62.3 Å². The Labute approximate surface area is 494 Å². The molecule has 0 aromatic heterocycles. The summed E-state index contributed by atoms with van der Waals surface area (Å²) in [6.45, 7) is 31.9. The Morgan fingerprint density at radius 1 is 0.470 bits per heavy atom. The van der Waals surface area contributed by atoms with Crippen molar-refractivity contribution in [3.8, 4) is 5.75 Å². The Hall–Kier alpha value is -6.36. The lowest BCUT2D eigenvalue weighted by Gasteiger charge is -2.28. The minimum atomic E-state index is -0.997. The molecule has 17 nitrogen and oxygen atoms in total. The predicted molar refractivity (Wildman–Crippen MR) is 318 cm³/mol. The van der Waals surface area contributed by atoms with Crippen molar-refractivity contribution in [2.45, 2.75) is 183 Å². The molecule has 0 bridgehead atoms. The number of nitrogens with zero attached hydrogens (tertiary/aromatic N) is 4. The fourth-order valence-electron chi connectivity index (χ4n) is 11.2. The second-order valence-electron chi connectivity index (χ2n) is 28.1. The molecule has 83 heavy (non-hydrogen) atoms. The van der Waals surface area contributed by atoms with Crippen molar-refractivity contribution >= 4 is 36.2 Å². The standard InChI is InChI=1S/C66H96N4O13/c1-62(2,3)79-56(71)53(49-25-28-68(41-49)59(74)75)36-44-19-16-22-47(33-44)39-67(40-48-23-17-20-45(34-48)37-54(57(72)80-63(4,5)6)50-26-29-69(42-50)60(76)82-65(10,11)12)31-32-78-52-24-18-21-46(35-52)38-55(58(73)81-64(7,8)9)51-27-30-70(43-51)61(77)83-66(13,14)15/h16-24,33-35,49-51,53-55H,25-32,36-43H2,1-15H3,(H,74,75)/t49-,50-,51-,53?,54?,55?/m0/s1.